The maximum absolute atomic E-state index is 12.2. The second kappa shape index (κ2) is 6.52. The van der Waals surface area contributed by atoms with Gasteiger partial charge in [0, 0.05) is 29.7 Å². The smallest absolute Gasteiger partial charge is 0.356 e. The summed E-state index contributed by atoms with van der Waals surface area (Å²) in [4.78, 5) is 12.2. The van der Waals surface area contributed by atoms with Crippen LogP contribution in [0.3, 0.4) is 0 Å². The van der Waals surface area contributed by atoms with Crippen LogP contribution in [0.25, 0.3) is 22.2 Å². The number of hydrogen-bond donors (Lipinski definition) is 0. The number of ether oxygens (including phenoxy) is 1. The Bertz CT molecular complexity index is 1080. The number of methoxy groups -OCH3 is 1. The summed E-state index contributed by atoms with van der Waals surface area (Å²) in [5.74, 6) is -0.389. The zero-order valence-corrected chi connectivity index (χ0v) is 14.7. The zero-order chi connectivity index (χ0) is 18.1. The molecule has 0 unspecified atom stereocenters. The maximum atomic E-state index is 12.2. The Kier molecular flexibility index (Phi) is 4.05. The van der Waals surface area contributed by atoms with Crippen molar-refractivity contribution in [3.8, 4) is 11.3 Å². The first-order valence-electron chi connectivity index (χ1n) is 8.42. The standard InChI is InChI=1S/C21H19N3O2/c1-23-14-17(16-10-6-7-11-19(16)23)18-12-20(21(25)26-2)24(22-18)13-15-8-4-3-5-9-15/h3-12,14H,13H2,1-2H3. The van der Waals surface area contributed by atoms with Gasteiger partial charge in [-0.1, -0.05) is 48.5 Å². The van der Waals surface area contributed by atoms with Gasteiger partial charge >= 0.3 is 5.97 Å². The Labute approximate surface area is 151 Å². The van der Waals surface area contributed by atoms with E-state index in [2.05, 4.69) is 16.7 Å². The third-order valence-electron chi connectivity index (χ3n) is 4.52. The third kappa shape index (κ3) is 2.77. The molecule has 0 aliphatic heterocycles. The fourth-order valence-electron chi connectivity index (χ4n) is 3.24. The van der Waals surface area contributed by atoms with Gasteiger partial charge in [0.2, 0.25) is 0 Å². The SMILES string of the molecule is COC(=O)c1cc(-c2cn(C)c3ccccc23)nn1Cc1ccccc1. The van der Waals surface area contributed by atoms with Crippen molar-refractivity contribution in [2.75, 3.05) is 7.11 Å². The van der Waals surface area contributed by atoms with Crippen LogP contribution in [0.2, 0.25) is 0 Å². The molecule has 0 radical (unpaired) electrons. The average Bonchev–Trinajstić information content (AvgIpc) is 3.24. The lowest BCUT2D eigenvalue weighted by Crippen LogP contribution is -2.12. The number of carbonyl (C=O) groups excluding carboxylic acids is 1. The molecule has 0 fully saturated rings. The highest BCUT2D eigenvalue weighted by Crippen LogP contribution is 2.30. The first-order valence-corrected chi connectivity index (χ1v) is 8.42. The number of benzene rings is 2. The predicted molar refractivity (Wildman–Crippen MR) is 101 cm³/mol. The predicted octanol–water partition coefficient (Wildman–Crippen LogP) is 3.88. The minimum absolute atomic E-state index is 0.389. The van der Waals surface area contributed by atoms with Crippen molar-refractivity contribution in [3.63, 3.8) is 0 Å². The van der Waals surface area contributed by atoms with Gasteiger partial charge in [-0.25, -0.2) is 4.79 Å². The minimum atomic E-state index is -0.389. The molecule has 2 aromatic carbocycles. The quantitative estimate of drug-likeness (QED) is 0.528. The van der Waals surface area contributed by atoms with Crippen LogP contribution in [0.1, 0.15) is 16.1 Å². The number of esters is 1. The number of carbonyl (C=O) groups is 1. The fourth-order valence-corrected chi connectivity index (χ4v) is 3.24. The molecule has 0 bridgehead atoms. The second-order valence-electron chi connectivity index (χ2n) is 6.22. The number of rotatable bonds is 4. The molecule has 0 spiro atoms. The molecular weight excluding hydrogens is 326 g/mol. The summed E-state index contributed by atoms with van der Waals surface area (Å²) in [6.45, 7) is 0.510. The summed E-state index contributed by atoms with van der Waals surface area (Å²) in [7, 11) is 3.40. The molecule has 5 heteroatoms. The Hall–Kier alpha value is -3.34. The molecule has 0 aliphatic carbocycles. The van der Waals surface area contributed by atoms with E-state index in [1.54, 1.807) is 10.7 Å². The van der Waals surface area contributed by atoms with E-state index in [-0.39, 0.29) is 5.97 Å². The topological polar surface area (TPSA) is 49.1 Å². The third-order valence-corrected chi connectivity index (χ3v) is 4.52. The van der Waals surface area contributed by atoms with Crippen LogP contribution in [0.4, 0.5) is 0 Å². The van der Waals surface area contributed by atoms with E-state index >= 15 is 0 Å². The highest BCUT2D eigenvalue weighted by molar-refractivity contribution is 5.96. The first-order chi connectivity index (χ1) is 12.7. The highest BCUT2D eigenvalue weighted by Gasteiger charge is 2.19. The van der Waals surface area contributed by atoms with Crippen molar-refractivity contribution >= 4 is 16.9 Å². The molecule has 4 aromatic rings. The van der Waals surface area contributed by atoms with E-state index in [9.17, 15) is 4.79 Å². The molecular formula is C21H19N3O2. The molecule has 4 rings (SSSR count). The van der Waals surface area contributed by atoms with E-state index in [0.29, 0.717) is 12.2 Å². The Balaban J connectivity index is 1.83. The Morgan fingerprint density at radius 1 is 1.08 bits per heavy atom. The van der Waals surface area contributed by atoms with Crippen molar-refractivity contribution in [1.29, 1.82) is 0 Å². The van der Waals surface area contributed by atoms with Crippen LogP contribution in [0, 0.1) is 0 Å². The average molecular weight is 345 g/mol. The van der Waals surface area contributed by atoms with E-state index in [1.807, 2.05) is 55.7 Å². The van der Waals surface area contributed by atoms with Crippen molar-refractivity contribution in [2.45, 2.75) is 6.54 Å². The van der Waals surface area contributed by atoms with E-state index < -0.39 is 0 Å². The number of hydrogen-bond acceptors (Lipinski definition) is 3. The van der Waals surface area contributed by atoms with E-state index in [1.165, 1.54) is 7.11 Å². The first kappa shape index (κ1) is 16.1. The largest absolute Gasteiger partial charge is 0.464 e. The van der Waals surface area contributed by atoms with Gasteiger partial charge in [-0.05, 0) is 17.7 Å². The van der Waals surface area contributed by atoms with Gasteiger partial charge in [-0.15, -0.1) is 0 Å². The zero-order valence-electron chi connectivity index (χ0n) is 14.7. The van der Waals surface area contributed by atoms with Crippen molar-refractivity contribution in [1.82, 2.24) is 14.3 Å². The number of aryl methyl sites for hydroxylation is 1. The molecule has 0 saturated carbocycles. The monoisotopic (exact) mass is 345 g/mol. The van der Waals surface area contributed by atoms with E-state index in [0.717, 1.165) is 27.7 Å². The van der Waals surface area contributed by atoms with Crippen LogP contribution in [0.15, 0.2) is 66.9 Å². The lowest BCUT2D eigenvalue weighted by atomic mass is 10.1. The normalized spacial score (nSPS) is 11.0. The van der Waals surface area contributed by atoms with Crippen molar-refractivity contribution < 1.29 is 9.53 Å². The van der Waals surface area contributed by atoms with Crippen LogP contribution < -0.4 is 0 Å². The number of fused-ring (bicyclic) bond motifs is 1. The highest BCUT2D eigenvalue weighted by atomic mass is 16.5. The maximum Gasteiger partial charge on any atom is 0.356 e. The molecule has 26 heavy (non-hydrogen) atoms. The van der Waals surface area contributed by atoms with Gasteiger partial charge in [-0.3, -0.25) is 4.68 Å². The minimum Gasteiger partial charge on any atom is -0.464 e. The van der Waals surface area contributed by atoms with Crippen LogP contribution in [0.5, 0.6) is 0 Å². The van der Waals surface area contributed by atoms with Gasteiger partial charge < -0.3 is 9.30 Å². The number of aromatic nitrogens is 3. The van der Waals surface area contributed by atoms with Gasteiger partial charge in [0.05, 0.1) is 19.3 Å². The van der Waals surface area contributed by atoms with Crippen molar-refractivity contribution in [3.05, 3.63) is 78.1 Å². The Morgan fingerprint density at radius 2 is 1.81 bits per heavy atom. The molecule has 5 nitrogen and oxygen atoms in total. The molecule has 2 heterocycles. The lowest BCUT2D eigenvalue weighted by Gasteiger charge is -2.05. The Morgan fingerprint density at radius 3 is 2.58 bits per heavy atom. The molecule has 0 saturated heterocycles. The summed E-state index contributed by atoms with van der Waals surface area (Å²) in [6.07, 6.45) is 2.04. The fraction of sp³-hybridized carbons (Fsp3) is 0.143. The van der Waals surface area contributed by atoms with Gasteiger partial charge in [0.25, 0.3) is 0 Å². The summed E-state index contributed by atoms with van der Waals surface area (Å²) in [5.41, 5.74) is 4.41. The lowest BCUT2D eigenvalue weighted by molar-refractivity contribution is 0.0587. The molecule has 130 valence electrons. The van der Waals surface area contributed by atoms with Crippen molar-refractivity contribution in [2.24, 2.45) is 7.05 Å². The van der Waals surface area contributed by atoms with Gasteiger partial charge in [-0.2, -0.15) is 5.10 Å². The summed E-state index contributed by atoms with van der Waals surface area (Å²) in [5, 5.41) is 5.82. The number of para-hydroxylation sites is 1. The van der Waals surface area contributed by atoms with E-state index in [4.69, 9.17) is 9.84 Å². The van der Waals surface area contributed by atoms with Crippen LogP contribution in [-0.4, -0.2) is 27.4 Å². The molecule has 0 aliphatic rings. The van der Waals surface area contributed by atoms with Crippen LogP contribution in [-0.2, 0) is 18.3 Å². The molecule has 0 atom stereocenters. The second-order valence-corrected chi connectivity index (χ2v) is 6.22. The number of nitrogens with zero attached hydrogens (tertiary/aromatic N) is 3. The van der Waals surface area contributed by atoms with Gasteiger partial charge in [0.1, 0.15) is 5.69 Å². The molecule has 2 aromatic heterocycles. The van der Waals surface area contributed by atoms with Gasteiger partial charge in [0.15, 0.2) is 0 Å². The summed E-state index contributed by atoms with van der Waals surface area (Å²) < 4.78 is 8.73. The molecule has 0 N–H and O–H groups in total. The van der Waals surface area contributed by atoms with Crippen LogP contribution >= 0.6 is 0 Å². The molecule has 0 amide bonds. The summed E-state index contributed by atoms with van der Waals surface area (Å²) >= 11 is 0. The summed E-state index contributed by atoms with van der Waals surface area (Å²) in [6, 6.07) is 19.9.